The molecule has 1 N–H and O–H groups in total. The van der Waals surface area contributed by atoms with Crippen molar-refractivity contribution in [2.75, 3.05) is 60.4 Å². The van der Waals surface area contributed by atoms with Gasteiger partial charge < -0.3 is 15.1 Å². The number of likely N-dealkylation sites (N-methyl/N-ethyl adjacent to an activating group) is 1. The predicted octanol–water partition coefficient (Wildman–Crippen LogP) is 2.51. The fourth-order valence-electron chi connectivity index (χ4n) is 3.44. The maximum absolute atomic E-state index is 4.48. The van der Waals surface area contributed by atoms with Crippen LogP contribution < -0.4 is 5.32 Å². The average Bonchev–Trinajstić information content (AvgIpc) is 2.59. The highest BCUT2D eigenvalue weighted by molar-refractivity contribution is 5.79. The van der Waals surface area contributed by atoms with Gasteiger partial charge in [0.05, 0.1) is 0 Å². The van der Waals surface area contributed by atoms with Crippen LogP contribution in [0.1, 0.15) is 39.5 Å². The fourth-order valence-corrected chi connectivity index (χ4v) is 3.44. The van der Waals surface area contributed by atoms with Gasteiger partial charge in [-0.3, -0.25) is 9.89 Å². The van der Waals surface area contributed by atoms with Crippen molar-refractivity contribution >= 4 is 5.96 Å². The molecule has 1 rings (SSSR count). The van der Waals surface area contributed by atoms with E-state index in [2.05, 4.69) is 59.5 Å². The molecule has 0 aromatic heterocycles. The van der Waals surface area contributed by atoms with Crippen molar-refractivity contribution in [3.05, 3.63) is 12.7 Å². The van der Waals surface area contributed by atoms with Crippen LogP contribution in [0.25, 0.3) is 0 Å². The van der Waals surface area contributed by atoms with Gasteiger partial charge in [-0.2, -0.15) is 0 Å². The van der Waals surface area contributed by atoms with Gasteiger partial charge >= 0.3 is 0 Å². The molecule has 0 aromatic rings. The van der Waals surface area contributed by atoms with Gasteiger partial charge in [-0.05, 0) is 32.2 Å². The van der Waals surface area contributed by atoms with Gasteiger partial charge in [-0.15, -0.1) is 6.58 Å². The number of nitrogens with zero attached hydrogens (tertiary/aromatic N) is 4. The Labute approximate surface area is 156 Å². The van der Waals surface area contributed by atoms with Crippen molar-refractivity contribution in [3.63, 3.8) is 0 Å². The summed E-state index contributed by atoms with van der Waals surface area (Å²) in [5, 5.41) is 3.62. The molecule has 0 spiro atoms. The van der Waals surface area contributed by atoms with E-state index in [1.807, 2.05) is 13.1 Å². The highest BCUT2D eigenvalue weighted by atomic mass is 15.3. The van der Waals surface area contributed by atoms with E-state index in [0.717, 1.165) is 25.5 Å². The van der Waals surface area contributed by atoms with Crippen LogP contribution in [0.15, 0.2) is 17.6 Å². The molecule has 0 radical (unpaired) electrons. The van der Waals surface area contributed by atoms with Gasteiger partial charge in [0.2, 0.25) is 0 Å². The van der Waals surface area contributed by atoms with E-state index < -0.39 is 0 Å². The largest absolute Gasteiger partial charge is 0.355 e. The molecule has 1 heterocycles. The maximum atomic E-state index is 4.48. The fraction of sp³-hybridized carbons (Fsp3) is 0.850. The Morgan fingerprint density at radius 2 is 1.88 bits per heavy atom. The smallest absolute Gasteiger partial charge is 0.193 e. The summed E-state index contributed by atoms with van der Waals surface area (Å²) in [6.07, 6.45) is 6.83. The summed E-state index contributed by atoms with van der Waals surface area (Å²) in [7, 11) is 6.24. The molecule has 1 aliphatic rings. The topological polar surface area (TPSA) is 34.1 Å². The summed E-state index contributed by atoms with van der Waals surface area (Å²) in [5.74, 6) is 1.65. The predicted molar refractivity (Wildman–Crippen MR) is 110 cm³/mol. The minimum Gasteiger partial charge on any atom is -0.355 e. The van der Waals surface area contributed by atoms with Gasteiger partial charge in [-0.1, -0.05) is 26.3 Å². The first-order valence-electron chi connectivity index (χ1n) is 9.94. The molecule has 5 nitrogen and oxygen atoms in total. The van der Waals surface area contributed by atoms with Crippen molar-refractivity contribution in [1.29, 1.82) is 0 Å². The van der Waals surface area contributed by atoms with Crippen LogP contribution >= 0.6 is 0 Å². The standard InChI is InChI=1S/C20H41N5/c1-7-8-9-10-11-12-24(6)20(21-4)22-17-19(18(2)3)25-15-13-23(5)14-16-25/h7,18-19H,1,8-17H2,2-6H3,(H,21,22). The SMILES string of the molecule is C=CCCCCCN(C)C(=NC)NCC(C(C)C)N1CCN(C)CC1. The minimum atomic E-state index is 0.562. The summed E-state index contributed by atoms with van der Waals surface area (Å²) < 4.78 is 0. The second kappa shape index (κ2) is 12.3. The Bertz CT molecular complexity index is 386. The molecule has 1 atom stereocenters. The van der Waals surface area contributed by atoms with E-state index in [9.17, 15) is 0 Å². The molecule has 25 heavy (non-hydrogen) atoms. The van der Waals surface area contributed by atoms with Crippen LogP contribution in [0.3, 0.4) is 0 Å². The number of nitrogens with one attached hydrogen (secondary N) is 1. The average molecular weight is 352 g/mol. The lowest BCUT2D eigenvalue weighted by Crippen LogP contribution is -2.55. The van der Waals surface area contributed by atoms with Crippen molar-refractivity contribution in [2.24, 2.45) is 10.9 Å². The lowest BCUT2D eigenvalue weighted by Gasteiger charge is -2.40. The molecule has 1 unspecified atom stereocenters. The zero-order valence-electron chi connectivity index (χ0n) is 17.3. The van der Waals surface area contributed by atoms with Crippen LogP contribution in [-0.4, -0.2) is 87.1 Å². The number of unbranched alkanes of at least 4 members (excludes halogenated alkanes) is 3. The number of piperazine rings is 1. The third-order valence-electron chi connectivity index (χ3n) is 5.22. The first-order valence-corrected chi connectivity index (χ1v) is 9.94. The molecule has 5 heteroatoms. The van der Waals surface area contributed by atoms with Crippen LogP contribution in [0, 0.1) is 5.92 Å². The molecule has 0 saturated carbocycles. The number of guanidine groups is 1. The molecular weight excluding hydrogens is 310 g/mol. The van der Waals surface area contributed by atoms with Gasteiger partial charge in [0.25, 0.3) is 0 Å². The van der Waals surface area contributed by atoms with E-state index in [-0.39, 0.29) is 0 Å². The van der Waals surface area contributed by atoms with Crippen molar-refractivity contribution in [1.82, 2.24) is 20.0 Å². The van der Waals surface area contributed by atoms with E-state index in [1.54, 1.807) is 0 Å². The first kappa shape index (κ1) is 22.0. The Morgan fingerprint density at radius 3 is 2.44 bits per heavy atom. The number of hydrogen-bond acceptors (Lipinski definition) is 3. The molecule has 1 aliphatic heterocycles. The van der Waals surface area contributed by atoms with Crippen LogP contribution in [-0.2, 0) is 0 Å². The summed E-state index contributed by atoms with van der Waals surface area (Å²) >= 11 is 0. The molecule has 146 valence electrons. The molecule has 0 bridgehead atoms. The zero-order chi connectivity index (χ0) is 18.7. The summed E-state index contributed by atoms with van der Waals surface area (Å²) in [4.78, 5) is 11.8. The van der Waals surface area contributed by atoms with E-state index >= 15 is 0 Å². The molecule has 1 fully saturated rings. The molecule has 0 amide bonds. The van der Waals surface area contributed by atoms with Crippen LogP contribution in [0.4, 0.5) is 0 Å². The third kappa shape index (κ3) is 8.23. The van der Waals surface area contributed by atoms with Crippen LogP contribution in [0.2, 0.25) is 0 Å². The van der Waals surface area contributed by atoms with Crippen molar-refractivity contribution < 1.29 is 0 Å². The molecule has 0 aliphatic carbocycles. The normalized spacial score (nSPS) is 18.4. The Kier molecular flexibility index (Phi) is 10.8. The second-order valence-corrected chi connectivity index (χ2v) is 7.64. The molecule has 0 aromatic carbocycles. The first-order chi connectivity index (χ1) is 12.0. The zero-order valence-corrected chi connectivity index (χ0v) is 17.3. The van der Waals surface area contributed by atoms with Gasteiger partial charge in [-0.25, -0.2) is 0 Å². The number of aliphatic imine (C=N–C) groups is 1. The highest BCUT2D eigenvalue weighted by Crippen LogP contribution is 2.13. The Morgan fingerprint density at radius 1 is 1.20 bits per heavy atom. The van der Waals surface area contributed by atoms with Gasteiger partial charge in [0.1, 0.15) is 0 Å². The second-order valence-electron chi connectivity index (χ2n) is 7.64. The molecule has 1 saturated heterocycles. The minimum absolute atomic E-state index is 0.562. The summed E-state index contributed by atoms with van der Waals surface area (Å²) in [6.45, 7) is 15.1. The lowest BCUT2D eigenvalue weighted by molar-refractivity contribution is 0.0897. The van der Waals surface area contributed by atoms with E-state index in [4.69, 9.17) is 0 Å². The van der Waals surface area contributed by atoms with E-state index in [0.29, 0.717) is 12.0 Å². The Hall–Kier alpha value is -1.07. The van der Waals surface area contributed by atoms with E-state index in [1.165, 1.54) is 45.4 Å². The third-order valence-corrected chi connectivity index (χ3v) is 5.22. The lowest BCUT2D eigenvalue weighted by atomic mass is 10.0. The molecular formula is C20H41N5. The summed E-state index contributed by atoms with van der Waals surface area (Å²) in [5.41, 5.74) is 0. The monoisotopic (exact) mass is 351 g/mol. The van der Waals surface area contributed by atoms with Crippen molar-refractivity contribution in [2.45, 2.75) is 45.6 Å². The van der Waals surface area contributed by atoms with Crippen LogP contribution in [0.5, 0.6) is 0 Å². The number of allylic oxidation sites excluding steroid dienone is 1. The van der Waals surface area contributed by atoms with Crippen molar-refractivity contribution in [3.8, 4) is 0 Å². The quantitative estimate of drug-likeness (QED) is 0.284. The van der Waals surface area contributed by atoms with Gasteiger partial charge in [0, 0.05) is 59.4 Å². The maximum Gasteiger partial charge on any atom is 0.193 e. The number of hydrogen-bond donors (Lipinski definition) is 1. The highest BCUT2D eigenvalue weighted by Gasteiger charge is 2.25. The Balaban J connectivity index is 2.42. The van der Waals surface area contributed by atoms with Gasteiger partial charge in [0.15, 0.2) is 5.96 Å². The summed E-state index contributed by atoms with van der Waals surface area (Å²) in [6, 6.07) is 0.562. The number of rotatable bonds is 10.